The SMILES string of the molecule is O=C1CN(C(=O)c2nc(-n3cnnc3)n[nH]2)CCCCNC(=O)c2cccc(c2)-c2cc(ccc2O)CCN1. The van der Waals surface area contributed by atoms with Gasteiger partial charge in [0.25, 0.3) is 17.8 Å². The van der Waals surface area contributed by atoms with Crippen molar-refractivity contribution in [3.05, 3.63) is 72.1 Å². The van der Waals surface area contributed by atoms with Crippen molar-refractivity contribution in [3.63, 3.8) is 0 Å². The number of aromatic nitrogens is 6. The normalized spacial score (nSPS) is 15.1. The van der Waals surface area contributed by atoms with Gasteiger partial charge < -0.3 is 20.6 Å². The van der Waals surface area contributed by atoms with Gasteiger partial charge in [-0.05, 0) is 54.7 Å². The standard InChI is InChI=1S/C26H27N9O4/c36-21-7-6-17-8-10-27-22(37)14-34(25(39)23-31-26(33-32-23)35-15-29-30-16-35)11-2-1-9-28-24(38)19-5-3-4-18(13-19)20(21)12-17/h3-7,12-13,15-16,36H,1-2,8-11,14H2,(H,27,37)(H,28,38)(H,31,32,33). The third-order valence-electron chi connectivity index (χ3n) is 6.32. The van der Waals surface area contributed by atoms with Gasteiger partial charge in [-0.2, -0.15) is 4.98 Å². The first-order chi connectivity index (χ1) is 19.0. The summed E-state index contributed by atoms with van der Waals surface area (Å²) in [7, 11) is 0. The van der Waals surface area contributed by atoms with Crippen molar-refractivity contribution >= 4 is 17.7 Å². The van der Waals surface area contributed by atoms with Gasteiger partial charge in [0.05, 0.1) is 6.54 Å². The molecule has 1 aliphatic heterocycles. The summed E-state index contributed by atoms with van der Waals surface area (Å²) in [5.41, 5.74) is 2.71. The van der Waals surface area contributed by atoms with E-state index < -0.39 is 5.91 Å². The predicted octanol–water partition coefficient (Wildman–Crippen LogP) is 1.08. The number of amides is 3. The molecule has 1 aliphatic rings. The molecule has 39 heavy (non-hydrogen) atoms. The summed E-state index contributed by atoms with van der Waals surface area (Å²) in [6, 6.07) is 12.3. The van der Waals surface area contributed by atoms with Crippen molar-refractivity contribution in [2.45, 2.75) is 19.3 Å². The molecule has 13 heteroatoms. The Morgan fingerprint density at radius 3 is 2.62 bits per heavy atom. The fraction of sp³-hybridized carbons (Fsp3) is 0.269. The average Bonchev–Trinajstić information content (AvgIpc) is 3.65. The van der Waals surface area contributed by atoms with Crippen LogP contribution in [0.5, 0.6) is 5.75 Å². The second-order valence-electron chi connectivity index (χ2n) is 9.08. The van der Waals surface area contributed by atoms with Gasteiger partial charge in [-0.1, -0.05) is 18.2 Å². The Labute approximate surface area is 223 Å². The summed E-state index contributed by atoms with van der Waals surface area (Å²) in [6.45, 7) is 0.840. The number of H-pyrrole nitrogens is 1. The number of hydrogen-bond donors (Lipinski definition) is 4. The first-order valence-corrected chi connectivity index (χ1v) is 12.5. The summed E-state index contributed by atoms with van der Waals surface area (Å²) < 4.78 is 1.45. The fourth-order valence-corrected chi connectivity index (χ4v) is 4.28. The number of aromatic hydroxyl groups is 1. The van der Waals surface area contributed by atoms with Gasteiger partial charge in [-0.3, -0.25) is 24.0 Å². The summed E-state index contributed by atoms with van der Waals surface area (Å²) in [5.74, 6) is -0.737. The molecule has 4 bridgehead atoms. The van der Waals surface area contributed by atoms with E-state index in [1.165, 1.54) is 22.1 Å². The maximum absolute atomic E-state index is 13.2. The highest BCUT2D eigenvalue weighted by atomic mass is 16.3. The second-order valence-corrected chi connectivity index (χ2v) is 9.08. The fourth-order valence-electron chi connectivity index (χ4n) is 4.28. The van der Waals surface area contributed by atoms with E-state index in [9.17, 15) is 19.5 Å². The number of hydrogen-bond acceptors (Lipinski definition) is 8. The van der Waals surface area contributed by atoms with Crippen LogP contribution < -0.4 is 10.6 Å². The topological polar surface area (TPSA) is 171 Å². The highest BCUT2D eigenvalue weighted by Crippen LogP contribution is 2.30. The number of benzene rings is 2. The first-order valence-electron chi connectivity index (χ1n) is 12.5. The number of carbonyl (C=O) groups excluding carboxylic acids is 3. The molecule has 4 N–H and O–H groups in total. The van der Waals surface area contributed by atoms with Crippen LogP contribution in [0, 0.1) is 0 Å². The molecular weight excluding hydrogens is 502 g/mol. The molecule has 3 amide bonds. The number of phenols is 1. The lowest BCUT2D eigenvalue weighted by atomic mass is 9.98. The minimum atomic E-state index is -0.476. The first kappa shape index (κ1) is 25.6. The molecule has 5 rings (SSSR count). The molecule has 0 aliphatic carbocycles. The number of aromatic amines is 1. The Hall–Kier alpha value is -5.07. The predicted molar refractivity (Wildman–Crippen MR) is 139 cm³/mol. The molecule has 200 valence electrons. The van der Waals surface area contributed by atoms with Crippen LogP contribution in [0.2, 0.25) is 0 Å². The lowest BCUT2D eigenvalue weighted by Crippen LogP contribution is -2.42. The van der Waals surface area contributed by atoms with Crippen molar-refractivity contribution in [2.24, 2.45) is 0 Å². The summed E-state index contributed by atoms with van der Waals surface area (Å²) >= 11 is 0. The molecule has 2 aromatic heterocycles. The molecule has 0 unspecified atom stereocenters. The van der Waals surface area contributed by atoms with E-state index in [1.54, 1.807) is 30.3 Å². The Balaban J connectivity index is 1.34. The number of rotatable bonds is 2. The smallest absolute Gasteiger partial charge is 0.291 e. The minimum absolute atomic E-state index is 0.0153. The molecule has 3 heterocycles. The van der Waals surface area contributed by atoms with Crippen molar-refractivity contribution < 1.29 is 19.5 Å². The molecule has 0 saturated carbocycles. The maximum atomic E-state index is 13.2. The van der Waals surface area contributed by atoms with Crippen LogP contribution in [-0.2, 0) is 11.2 Å². The largest absolute Gasteiger partial charge is 0.507 e. The zero-order valence-electron chi connectivity index (χ0n) is 21.0. The zero-order chi connectivity index (χ0) is 27.2. The Kier molecular flexibility index (Phi) is 7.57. The lowest BCUT2D eigenvalue weighted by Gasteiger charge is -2.21. The minimum Gasteiger partial charge on any atom is -0.507 e. The van der Waals surface area contributed by atoms with E-state index in [0.717, 1.165) is 11.1 Å². The molecular formula is C26H27N9O4. The monoisotopic (exact) mass is 529 g/mol. The lowest BCUT2D eigenvalue weighted by molar-refractivity contribution is -0.121. The van der Waals surface area contributed by atoms with Crippen molar-refractivity contribution in [1.29, 1.82) is 0 Å². The molecule has 0 saturated heterocycles. The Morgan fingerprint density at radius 2 is 1.77 bits per heavy atom. The van der Waals surface area contributed by atoms with E-state index >= 15 is 0 Å². The highest BCUT2D eigenvalue weighted by molar-refractivity contribution is 5.96. The zero-order valence-corrected chi connectivity index (χ0v) is 21.0. The number of fused-ring (bicyclic) bond motifs is 5. The van der Waals surface area contributed by atoms with E-state index in [0.29, 0.717) is 43.5 Å². The molecule has 4 aromatic rings. The number of phenolic OH excluding ortho intramolecular Hbond substituents is 1. The van der Waals surface area contributed by atoms with Gasteiger partial charge in [-0.25, -0.2) is 0 Å². The van der Waals surface area contributed by atoms with Gasteiger partial charge >= 0.3 is 0 Å². The molecule has 0 spiro atoms. The van der Waals surface area contributed by atoms with Crippen molar-refractivity contribution in [3.8, 4) is 22.8 Å². The molecule has 0 radical (unpaired) electrons. The second kappa shape index (κ2) is 11.5. The van der Waals surface area contributed by atoms with E-state index in [2.05, 4.69) is 36.0 Å². The third kappa shape index (κ3) is 6.09. The van der Waals surface area contributed by atoms with Gasteiger partial charge in [0, 0.05) is 30.8 Å². The molecule has 2 aromatic carbocycles. The van der Waals surface area contributed by atoms with E-state index in [1.807, 2.05) is 12.1 Å². The van der Waals surface area contributed by atoms with Crippen molar-refractivity contribution in [1.82, 2.24) is 45.5 Å². The maximum Gasteiger partial charge on any atom is 0.291 e. The van der Waals surface area contributed by atoms with Crippen molar-refractivity contribution in [2.75, 3.05) is 26.2 Å². The average molecular weight is 530 g/mol. The van der Waals surface area contributed by atoms with Crippen LogP contribution in [0.25, 0.3) is 17.1 Å². The van der Waals surface area contributed by atoms with Crippen LogP contribution in [0.4, 0.5) is 0 Å². The van der Waals surface area contributed by atoms with Gasteiger partial charge in [0.2, 0.25) is 11.7 Å². The van der Waals surface area contributed by atoms with Gasteiger partial charge in [-0.15, -0.1) is 15.3 Å². The number of carbonyl (C=O) groups is 3. The van der Waals surface area contributed by atoms with Crippen LogP contribution in [0.15, 0.2) is 55.1 Å². The summed E-state index contributed by atoms with van der Waals surface area (Å²) in [6.07, 6.45) is 4.45. The van der Waals surface area contributed by atoms with Gasteiger partial charge in [0.15, 0.2) is 0 Å². The van der Waals surface area contributed by atoms with E-state index in [4.69, 9.17) is 0 Å². The van der Waals surface area contributed by atoms with Crippen LogP contribution in [0.1, 0.15) is 39.4 Å². The summed E-state index contributed by atoms with van der Waals surface area (Å²) in [4.78, 5) is 44.4. The Morgan fingerprint density at radius 1 is 0.949 bits per heavy atom. The van der Waals surface area contributed by atoms with E-state index in [-0.39, 0.29) is 42.4 Å². The highest BCUT2D eigenvalue weighted by Gasteiger charge is 2.22. The van der Waals surface area contributed by atoms with Crippen LogP contribution >= 0.6 is 0 Å². The third-order valence-corrected chi connectivity index (χ3v) is 6.32. The summed E-state index contributed by atoms with van der Waals surface area (Å²) in [5, 5.41) is 30.3. The quantitative estimate of drug-likeness (QED) is 0.299. The Bertz CT molecular complexity index is 1480. The van der Waals surface area contributed by atoms with Crippen LogP contribution in [-0.4, -0.2) is 83.9 Å². The molecule has 0 atom stereocenters. The van der Waals surface area contributed by atoms with Gasteiger partial charge in [0.1, 0.15) is 18.4 Å². The molecule has 13 nitrogen and oxygen atoms in total. The molecule has 0 fully saturated rings. The van der Waals surface area contributed by atoms with Crippen LogP contribution in [0.3, 0.4) is 0 Å². The number of nitrogens with zero attached hydrogens (tertiary/aromatic N) is 6. The number of nitrogens with one attached hydrogen (secondary N) is 3.